The van der Waals surface area contributed by atoms with Crippen LogP contribution >= 0.6 is 0 Å². The van der Waals surface area contributed by atoms with Crippen LogP contribution in [0.4, 0.5) is 5.69 Å². The molecule has 2 aromatic rings. The first-order valence-electron chi connectivity index (χ1n) is 9.99. The predicted molar refractivity (Wildman–Crippen MR) is 112 cm³/mol. The number of hydrogen-bond acceptors (Lipinski definition) is 3. The van der Waals surface area contributed by atoms with Gasteiger partial charge in [-0.15, -0.1) is 0 Å². The molecule has 1 amide bonds. The first-order chi connectivity index (χ1) is 13.5. The van der Waals surface area contributed by atoms with Crippen molar-refractivity contribution in [2.75, 3.05) is 5.32 Å². The lowest BCUT2D eigenvalue weighted by Crippen LogP contribution is -2.31. The summed E-state index contributed by atoms with van der Waals surface area (Å²) in [6.45, 7) is 6.91. The molecule has 2 aromatic carbocycles. The van der Waals surface area contributed by atoms with Gasteiger partial charge in [-0.2, -0.15) is 0 Å². The van der Waals surface area contributed by atoms with Gasteiger partial charge in [-0.3, -0.25) is 4.79 Å². The van der Waals surface area contributed by atoms with Gasteiger partial charge in [0.15, 0.2) is 5.76 Å². The Bertz CT molecular complexity index is 796. The third kappa shape index (κ3) is 5.46. The molecule has 0 aliphatic carbocycles. The van der Waals surface area contributed by atoms with Crippen LogP contribution in [0, 0.1) is 11.8 Å². The highest BCUT2D eigenvalue weighted by molar-refractivity contribution is 6.02. The molecule has 1 aliphatic heterocycles. The summed E-state index contributed by atoms with van der Waals surface area (Å²) >= 11 is 0. The van der Waals surface area contributed by atoms with Crippen LogP contribution < -0.4 is 5.32 Å². The van der Waals surface area contributed by atoms with E-state index < -0.39 is 6.29 Å². The SMILES string of the molecule is CCc1ccc(CO[C@@H]2C[C@H](C(C)C)C=C(C(=O)Nc3ccccc3)O2)cc1. The van der Waals surface area contributed by atoms with E-state index in [-0.39, 0.29) is 11.8 Å². The Kier molecular flexibility index (Phi) is 6.88. The number of carbonyl (C=O) groups is 1. The van der Waals surface area contributed by atoms with Crippen molar-refractivity contribution in [1.82, 2.24) is 0 Å². The molecule has 0 unspecified atom stereocenters. The van der Waals surface area contributed by atoms with E-state index in [1.165, 1.54) is 5.56 Å². The molecule has 4 nitrogen and oxygen atoms in total. The molecule has 0 radical (unpaired) electrons. The highest BCUT2D eigenvalue weighted by Gasteiger charge is 2.29. The highest BCUT2D eigenvalue weighted by atomic mass is 16.7. The van der Waals surface area contributed by atoms with Gasteiger partial charge < -0.3 is 14.8 Å². The highest BCUT2D eigenvalue weighted by Crippen LogP contribution is 2.29. The van der Waals surface area contributed by atoms with Crippen LogP contribution in [-0.2, 0) is 27.3 Å². The van der Waals surface area contributed by atoms with Crippen LogP contribution in [0.5, 0.6) is 0 Å². The number of allylic oxidation sites excluding steroid dienone is 1. The predicted octanol–water partition coefficient (Wildman–Crippen LogP) is 5.31. The Morgan fingerprint density at radius 3 is 2.43 bits per heavy atom. The molecule has 1 aliphatic rings. The fourth-order valence-corrected chi connectivity index (χ4v) is 3.18. The van der Waals surface area contributed by atoms with Gasteiger partial charge in [0.05, 0.1) is 6.61 Å². The smallest absolute Gasteiger partial charge is 0.290 e. The fraction of sp³-hybridized carbons (Fsp3) is 0.375. The molecule has 28 heavy (non-hydrogen) atoms. The average Bonchev–Trinajstić information content (AvgIpc) is 2.73. The molecule has 1 heterocycles. The summed E-state index contributed by atoms with van der Waals surface area (Å²) < 4.78 is 11.9. The van der Waals surface area contributed by atoms with Gasteiger partial charge in [0.25, 0.3) is 5.91 Å². The number of carbonyl (C=O) groups excluding carboxylic acids is 1. The molecule has 0 saturated heterocycles. The van der Waals surface area contributed by atoms with Gasteiger partial charge >= 0.3 is 0 Å². The van der Waals surface area contributed by atoms with E-state index in [0.717, 1.165) is 24.1 Å². The lowest BCUT2D eigenvalue weighted by Gasteiger charge is -2.31. The zero-order valence-electron chi connectivity index (χ0n) is 16.9. The Morgan fingerprint density at radius 1 is 1.11 bits per heavy atom. The maximum Gasteiger partial charge on any atom is 0.290 e. The fourth-order valence-electron chi connectivity index (χ4n) is 3.18. The minimum Gasteiger partial charge on any atom is -0.459 e. The van der Waals surface area contributed by atoms with Crippen molar-refractivity contribution in [2.24, 2.45) is 11.8 Å². The molecule has 4 heteroatoms. The number of benzene rings is 2. The largest absolute Gasteiger partial charge is 0.459 e. The molecule has 148 valence electrons. The molecular weight excluding hydrogens is 350 g/mol. The summed E-state index contributed by atoms with van der Waals surface area (Å²) in [6, 6.07) is 17.8. The summed E-state index contributed by atoms with van der Waals surface area (Å²) in [4.78, 5) is 12.7. The average molecular weight is 380 g/mol. The van der Waals surface area contributed by atoms with Crippen LogP contribution in [0.25, 0.3) is 0 Å². The number of para-hydroxylation sites is 1. The minimum atomic E-state index is -0.431. The Morgan fingerprint density at radius 2 is 1.79 bits per heavy atom. The monoisotopic (exact) mass is 379 g/mol. The zero-order valence-corrected chi connectivity index (χ0v) is 16.9. The molecule has 0 aromatic heterocycles. The van der Waals surface area contributed by atoms with Crippen LogP contribution in [-0.4, -0.2) is 12.2 Å². The van der Waals surface area contributed by atoms with Crippen molar-refractivity contribution in [3.8, 4) is 0 Å². The number of ether oxygens (including phenoxy) is 2. The third-order valence-corrected chi connectivity index (χ3v) is 5.07. The number of nitrogens with one attached hydrogen (secondary N) is 1. The van der Waals surface area contributed by atoms with Crippen molar-refractivity contribution in [3.05, 3.63) is 77.6 Å². The van der Waals surface area contributed by atoms with Gasteiger partial charge in [0.2, 0.25) is 6.29 Å². The van der Waals surface area contributed by atoms with E-state index in [4.69, 9.17) is 9.47 Å². The molecule has 0 saturated carbocycles. The van der Waals surface area contributed by atoms with Crippen LogP contribution in [0.15, 0.2) is 66.4 Å². The molecule has 2 atom stereocenters. The normalized spacial score (nSPS) is 19.1. The Labute approximate surface area is 167 Å². The maximum atomic E-state index is 12.7. The summed E-state index contributed by atoms with van der Waals surface area (Å²) in [5.74, 6) is 0.730. The summed E-state index contributed by atoms with van der Waals surface area (Å²) in [5, 5.41) is 2.89. The second kappa shape index (κ2) is 9.56. The number of aryl methyl sites for hydroxylation is 1. The van der Waals surface area contributed by atoms with Gasteiger partial charge in [0, 0.05) is 12.1 Å². The van der Waals surface area contributed by atoms with Crippen LogP contribution in [0.1, 0.15) is 38.3 Å². The zero-order chi connectivity index (χ0) is 19.9. The van der Waals surface area contributed by atoms with Gasteiger partial charge in [-0.1, -0.05) is 63.2 Å². The van der Waals surface area contributed by atoms with Crippen molar-refractivity contribution in [1.29, 1.82) is 0 Å². The van der Waals surface area contributed by atoms with Crippen LogP contribution in [0.2, 0.25) is 0 Å². The number of rotatable bonds is 7. The lowest BCUT2D eigenvalue weighted by molar-refractivity contribution is -0.152. The third-order valence-electron chi connectivity index (χ3n) is 5.07. The number of amides is 1. The quantitative estimate of drug-likeness (QED) is 0.709. The second-order valence-corrected chi connectivity index (χ2v) is 7.52. The summed E-state index contributed by atoms with van der Waals surface area (Å²) in [7, 11) is 0. The minimum absolute atomic E-state index is 0.234. The first-order valence-corrected chi connectivity index (χ1v) is 9.99. The van der Waals surface area contributed by atoms with Gasteiger partial charge in [0.1, 0.15) is 0 Å². The Balaban J connectivity index is 1.64. The number of hydrogen-bond donors (Lipinski definition) is 1. The summed E-state index contributed by atoms with van der Waals surface area (Å²) in [5.41, 5.74) is 3.16. The van der Waals surface area contributed by atoms with Crippen molar-refractivity contribution >= 4 is 11.6 Å². The number of anilines is 1. The first kappa shape index (κ1) is 20.2. The molecule has 0 spiro atoms. The van der Waals surface area contributed by atoms with E-state index in [9.17, 15) is 4.79 Å². The lowest BCUT2D eigenvalue weighted by atomic mass is 9.90. The second-order valence-electron chi connectivity index (χ2n) is 7.52. The molecule has 0 bridgehead atoms. The topological polar surface area (TPSA) is 47.6 Å². The van der Waals surface area contributed by atoms with Crippen molar-refractivity contribution in [2.45, 2.75) is 46.5 Å². The van der Waals surface area contributed by atoms with Crippen molar-refractivity contribution < 1.29 is 14.3 Å². The van der Waals surface area contributed by atoms with E-state index in [0.29, 0.717) is 18.3 Å². The molecule has 3 rings (SSSR count). The van der Waals surface area contributed by atoms with Gasteiger partial charge in [-0.25, -0.2) is 0 Å². The maximum absolute atomic E-state index is 12.7. The summed E-state index contributed by atoms with van der Waals surface area (Å²) in [6.07, 6.45) is 3.26. The van der Waals surface area contributed by atoms with E-state index >= 15 is 0 Å². The molecular formula is C24H29NO3. The van der Waals surface area contributed by atoms with E-state index in [1.54, 1.807) is 0 Å². The molecule has 0 fully saturated rings. The van der Waals surface area contributed by atoms with Crippen molar-refractivity contribution in [3.63, 3.8) is 0 Å². The van der Waals surface area contributed by atoms with E-state index in [2.05, 4.69) is 50.4 Å². The van der Waals surface area contributed by atoms with E-state index in [1.807, 2.05) is 36.4 Å². The Hall–Kier alpha value is -2.59. The van der Waals surface area contributed by atoms with Crippen LogP contribution in [0.3, 0.4) is 0 Å². The standard InChI is InChI=1S/C24H29NO3/c1-4-18-10-12-19(13-11-18)16-27-23-15-20(17(2)3)14-22(28-23)24(26)25-21-8-6-5-7-9-21/h5-14,17,20,23H,4,15-16H2,1-3H3,(H,25,26)/t20-,23+/m1/s1. The van der Waals surface area contributed by atoms with Gasteiger partial charge in [-0.05, 0) is 47.6 Å². The molecule has 1 N–H and O–H groups in total.